The van der Waals surface area contributed by atoms with Crippen LogP contribution in [0.3, 0.4) is 0 Å². The zero-order chi connectivity index (χ0) is 18.3. The second-order valence-corrected chi connectivity index (χ2v) is 7.03. The molecule has 1 amide bonds. The Morgan fingerprint density at radius 2 is 1.85 bits per heavy atom. The van der Waals surface area contributed by atoms with E-state index in [1.165, 1.54) is 0 Å². The summed E-state index contributed by atoms with van der Waals surface area (Å²) in [5.74, 6) is 2.68. The van der Waals surface area contributed by atoms with Gasteiger partial charge in [0.25, 0.3) is 5.91 Å². The van der Waals surface area contributed by atoms with Crippen LogP contribution in [0.15, 0.2) is 30.3 Å². The summed E-state index contributed by atoms with van der Waals surface area (Å²) in [7, 11) is 0. The minimum Gasteiger partial charge on any atom is -0.494 e. The number of carbonyl (C=O) groups excluding carboxylic acids is 1. The summed E-state index contributed by atoms with van der Waals surface area (Å²) in [6.45, 7) is 8.14. The smallest absolute Gasteiger partial charge is 0.254 e. The van der Waals surface area contributed by atoms with Crippen molar-refractivity contribution >= 4 is 11.7 Å². The molecule has 1 aromatic heterocycles. The van der Waals surface area contributed by atoms with E-state index in [-0.39, 0.29) is 18.0 Å². The van der Waals surface area contributed by atoms with E-state index >= 15 is 0 Å². The van der Waals surface area contributed by atoms with E-state index in [9.17, 15) is 4.79 Å². The van der Waals surface area contributed by atoms with E-state index in [2.05, 4.69) is 14.9 Å². The quantitative estimate of drug-likeness (QED) is 0.846. The monoisotopic (exact) mass is 352 g/mol. The first kappa shape index (κ1) is 16.8. The fourth-order valence-corrected chi connectivity index (χ4v) is 4.00. The van der Waals surface area contributed by atoms with E-state index in [1.54, 1.807) is 0 Å². The molecule has 26 heavy (non-hydrogen) atoms. The van der Waals surface area contributed by atoms with Crippen LogP contribution >= 0.6 is 0 Å². The van der Waals surface area contributed by atoms with E-state index in [0.717, 1.165) is 48.2 Å². The van der Waals surface area contributed by atoms with Crippen molar-refractivity contribution in [2.24, 2.45) is 0 Å². The molecule has 3 aliphatic heterocycles. The van der Waals surface area contributed by atoms with Crippen LogP contribution in [0.25, 0.3) is 0 Å². The third kappa shape index (κ3) is 3.00. The van der Waals surface area contributed by atoms with Gasteiger partial charge in [-0.3, -0.25) is 4.79 Å². The standard InChI is InChI=1S/C20H24N4O2/c1-4-26-18-7-5-15(6-8-18)20(25)24-16-10-17(24)12-23(11-16)19-9-13(2)21-14(3)22-19/h5-9,16-17H,4,10-12H2,1-3H3. The lowest BCUT2D eigenvalue weighted by molar-refractivity contribution is 0.00574. The molecular formula is C20H24N4O2. The molecule has 3 saturated heterocycles. The number of rotatable bonds is 4. The summed E-state index contributed by atoms with van der Waals surface area (Å²) in [5.41, 5.74) is 1.71. The van der Waals surface area contributed by atoms with Crippen LogP contribution < -0.4 is 9.64 Å². The molecule has 6 heteroatoms. The van der Waals surface area contributed by atoms with E-state index < -0.39 is 0 Å². The van der Waals surface area contributed by atoms with Gasteiger partial charge in [0.1, 0.15) is 17.4 Å². The van der Waals surface area contributed by atoms with Gasteiger partial charge in [-0.15, -0.1) is 0 Å². The van der Waals surface area contributed by atoms with Crippen molar-refractivity contribution in [3.63, 3.8) is 0 Å². The lowest BCUT2D eigenvalue weighted by atomic mass is 9.86. The molecule has 2 atom stereocenters. The maximum atomic E-state index is 12.9. The molecule has 2 aromatic rings. The molecule has 1 aromatic carbocycles. The second-order valence-electron chi connectivity index (χ2n) is 7.03. The van der Waals surface area contributed by atoms with Crippen LogP contribution in [0.2, 0.25) is 0 Å². The summed E-state index contributed by atoms with van der Waals surface area (Å²) in [6.07, 6.45) is 1.07. The molecule has 0 saturated carbocycles. The summed E-state index contributed by atoms with van der Waals surface area (Å²) >= 11 is 0. The van der Waals surface area contributed by atoms with Crippen LogP contribution in [0.4, 0.5) is 5.82 Å². The predicted molar refractivity (Wildman–Crippen MR) is 99.7 cm³/mol. The molecule has 0 N–H and O–H groups in total. The Hall–Kier alpha value is -2.63. The highest BCUT2D eigenvalue weighted by Gasteiger charge is 2.47. The van der Waals surface area contributed by atoms with Gasteiger partial charge < -0.3 is 14.5 Å². The molecule has 5 rings (SSSR count). The van der Waals surface area contributed by atoms with Gasteiger partial charge in [0.2, 0.25) is 0 Å². The zero-order valence-corrected chi connectivity index (χ0v) is 15.5. The highest BCUT2D eigenvalue weighted by atomic mass is 16.5. The summed E-state index contributed by atoms with van der Waals surface area (Å²) < 4.78 is 5.45. The number of anilines is 1. The summed E-state index contributed by atoms with van der Waals surface area (Å²) in [4.78, 5) is 26.1. The number of amides is 1. The fraction of sp³-hybridized carbons (Fsp3) is 0.450. The lowest BCUT2D eigenvalue weighted by Crippen LogP contribution is -2.70. The normalized spacial score (nSPS) is 21.3. The fourth-order valence-electron chi connectivity index (χ4n) is 4.00. The molecule has 136 valence electrons. The van der Waals surface area contributed by atoms with E-state index in [1.807, 2.05) is 56.0 Å². The first-order valence-electron chi connectivity index (χ1n) is 9.18. The minimum absolute atomic E-state index is 0.115. The second kappa shape index (κ2) is 6.59. The Morgan fingerprint density at radius 1 is 1.15 bits per heavy atom. The van der Waals surface area contributed by atoms with Crippen molar-refractivity contribution in [3.05, 3.63) is 47.4 Å². The Labute approximate surface area is 153 Å². The van der Waals surface area contributed by atoms with Crippen molar-refractivity contribution in [1.29, 1.82) is 0 Å². The zero-order valence-electron chi connectivity index (χ0n) is 15.5. The predicted octanol–water partition coefficient (Wildman–Crippen LogP) is 2.60. The van der Waals surface area contributed by atoms with Gasteiger partial charge in [-0.25, -0.2) is 9.97 Å². The molecular weight excluding hydrogens is 328 g/mol. The Bertz CT molecular complexity index is 789. The van der Waals surface area contributed by atoms with Gasteiger partial charge in [0, 0.05) is 30.4 Å². The number of benzene rings is 1. The first-order chi connectivity index (χ1) is 12.5. The number of piperazine rings is 1. The number of aryl methyl sites for hydroxylation is 2. The van der Waals surface area contributed by atoms with Crippen LogP contribution in [-0.2, 0) is 0 Å². The largest absolute Gasteiger partial charge is 0.494 e. The molecule has 4 heterocycles. The Kier molecular flexibility index (Phi) is 4.26. The average Bonchev–Trinajstić information content (AvgIpc) is 2.62. The number of carbonyl (C=O) groups is 1. The molecule has 2 bridgehead atoms. The maximum absolute atomic E-state index is 12.9. The SMILES string of the molecule is CCOc1ccc(C(=O)N2C3CC2CN(c2cc(C)nc(C)n2)C3)cc1. The average molecular weight is 352 g/mol. The Balaban J connectivity index is 1.46. The van der Waals surface area contributed by atoms with Crippen molar-refractivity contribution < 1.29 is 9.53 Å². The van der Waals surface area contributed by atoms with Crippen molar-refractivity contribution in [1.82, 2.24) is 14.9 Å². The van der Waals surface area contributed by atoms with Crippen LogP contribution in [-0.4, -0.2) is 52.6 Å². The molecule has 0 spiro atoms. The van der Waals surface area contributed by atoms with Gasteiger partial charge in [-0.1, -0.05) is 0 Å². The van der Waals surface area contributed by atoms with Gasteiger partial charge in [0.05, 0.1) is 18.7 Å². The molecule has 0 radical (unpaired) electrons. The van der Waals surface area contributed by atoms with Crippen LogP contribution in [0.5, 0.6) is 5.75 Å². The van der Waals surface area contributed by atoms with Gasteiger partial charge in [-0.2, -0.15) is 0 Å². The molecule has 3 aliphatic rings. The lowest BCUT2D eigenvalue weighted by Gasteiger charge is -2.56. The van der Waals surface area contributed by atoms with Gasteiger partial charge in [0.15, 0.2) is 0 Å². The van der Waals surface area contributed by atoms with Gasteiger partial charge >= 0.3 is 0 Å². The molecule has 2 unspecified atom stereocenters. The van der Waals surface area contributed by atoms with Crippen molar-refractivity contribution in [3.8, 4) is 5.75 Å². The number of piperidine rings is 1. The number of hydrogen-bond acceptors (Lipinski definition) is 5. The number of hydrogen-bond donors (Lipinski definition) is 0. The minimum atomic E-state index is 0.115. The molecule has 0 aliphatic carbocycles. The topological polar surface area (TPSA) is 58.6 Å². The van der Waals surface area contributed by atoms with Gasteiger partial charge in [-0.05, 0) is 51.5 Å². The van der Waals surface area contributed by atoms with Crippen molar-refractivity contribution in [2.45, 2.75) is 39.3 Å². The highest BCUT2D eigenvalue weighted by Crippen LogP contribution is 2.35. The number of aromatic nitrogens is 2. The van der Waals surface area contributed by atoms with Crippen molar-refractivity contribution in [2.75, 3.05) is 24.6 Å². The Morgan fingerprint density at radius 3 is 2.46 bits per heavy atom. The van der Waals surface area contributed by atoms with E-state index in [0.29, 0.717) is 6.61 Å². The first-order valence-corrected chi connectivity index (χ1v) is 9.18. The third-order valence-corrected chi connectivity index (χ3v) is 5.12. The number of fused-ring (bicyclic) bond motifs is 2. The third-order valence-electron chi connectivity index (χ3n) is 5.12. The maximum Gasteiger partial charge on any atom is 0.254 e. The molecule has 3 fully saturated rings. The van der Waals surface area contributed by atoms with Crippen LogP contribution in [0, 0.1) is 13.8 Å². The van der Waals surface area contributed by atoms with Crippen LogP contribution in [0.1, 0.15) is 35.2 Å². The summed E-state index contributed by atoms with van der Waals surface area (Å²) in [6, 6.07) is 9.98. The number of ether oxygens (including phenoxy) is 1. The number of nitrogens with zero attached hydrogens (tertiary/aromatic N) is 4. The highest BCUT2D eigenvalue weighted by molar-refractivity contribution is 5.95. The van der Waals surface area contributed by atoms with E-state index in [4.69, 9.17) is 4.74 Å². The molecule has 6 nitrogen and oxygen atoms in total. The summed E-state index contributed by atoms with van der Waals surface area (Å²) in [5, 5.41) is 0.